The molecule has 2 fully saturated rings. The molecule has 208 valence electrons. The van der Waals surface area contributed by atoms with Gasteiger partial charge in [-0.25, -0.2) is 0 Å². The summed E-state index contributed by atoms with van der Waals surface area (Å²) >= 11 is 3.92. The van der Waals surface area contributed by atoms with E-state index >= 15 is 0 Å². The summed E-state index contributed by atoms with van der Waals surface area (Å²) < 4.78 is 21.9. The van der Waals surface area contributed by atoms with Gasteiger partial charge in [-0.1, -0.05) is 25.5 Å². The van der Waals surface area contributed by atoms with E-state index in [0.29, 0.717) is 13.0 Å². The Bertz CT molecular complexity index is 1110. The second kappa shape index (κ2) is 12.3. The van der Waals surface area contributed by atoms with E-state index in [-0.39, 0.29) is 21.3 Å². The number of rotatable bonds is 11. The highest BCUT2D eigenvalue weighted by atomic mass is 32.2. The van der Waals surface area contributed by atoms with Crippen LogP contribution in [-0.4, -0.2) is 64.3 Å². The highest BCUT2D eigenvalue weighted by molar-refractivity contribution is 8.18. The van der Waals surface area contributed by atoms with E-state index in [0.717, 1.165) is 47.3 Å². The average molecular weight is 560 g/mol. The molecule has 0 spiro atoms. The Morgan fingerprint density at radius 2 is 1.37 bits per heavy atom. The molecule has 0 aromatic heterocycles. The first-order valence-corrected chi connectivity index (χ1v) is 15.3. The van der Waals surface area contributed by atoms with E-state index < -0.39 is 0 Å². The van der Waals surface area contributed by atoms with Gasteiger partial charge in [-0.15, -0.1) is 23.5 Å². The van der Waals surface area contributed by atoms with Gasteiger partial charge in [0.1, 0.15) is 0 Å². The number of ether oxygens (including phenoxy) is 4. The second-order valence-electron chi connectivity index (χ2n) is 10.3. The maximum Gasteiger partial charge on any atom is 0.222 e. The molecule has 1 amide bonds. The van der Waals surface area contributed by atoms with Crippen molar-refractivity contribution in [3.63, 3.8) is 0 Å². The lowest BCUT2D eigenvalue weighted by atomic mass is 9.64. The fraction of sp³-hybridized carbons (Fsp3) is 0.567. The lowest BCUT2D eigenvalue weighted by Gasteiger charge is -2.46. The smallest absolute Gasteiger partial charge is 0.222 e. The van der Waals surface area contributed by atoms with Gasteiger partial charge in [0.2, 0.25) is 5.91 Å². The lowest BCUT2D eigenvalue weighted by molar-refractivity contribution is -0.132. The SMILES string of the molecule is COc1ccc(C2(CN(C)C(=O)C[C@@H](C)C3(c4ccc(OC)c(OC)c4)SCCCS3)CCC2)cc1OC. The fourth-order valence-electron chi connectivity index (χ4n) is 5.74. The topological polar surface area (TPSA) is 57.2 Å². The van der Waals surface area contributed by atoms with Crippen molar-refractivity contribution >= 4 is 29.4 Å². The first kappa shape index (κ1) is 28.8. The second-order valence-corrected chi connectivity index (χ2v) is 13.3. The summed E-state index contributed by atoms with van der Waals surface area (Å²) in [6.45, 7) is 2.93. The molecule has 0 unspecified atom stereocenters. The van der Waals surface area contributed by atoms with Crippen LogP contribution in [0.25, 0.3) is 0 Å². The number of benzene rings is 2. The molecular formula is C30H41NO5S2. The van der Waals surface area contributed by atoms with Crippen LogP contribution < -0.4 is 18.9 Å². The van der Waals surface area contributed by atoms with Crippen LogP contribution in [0.3, 0.4) is 0 Å². The molecule has 1 saturated heterocycles. The van der Waals surface area contributed by atoms with Crippen molar-refractivity contribution in [2.45, 2.75) is 48.5 Å². The lowest BCUT2D eigenvalue weighted by Crippen LogP contribution is -2.47. The Morgan fingerprint density at radius 3 is 1.87 bits per heavy atom. The van der Waals surface area contributed by atoms with Crippen LogP contribution >= 0.6 is 23.5 Å². The Labute approximate surface area is 236 Å². The average Bonchev–Trinajstić information content (AvgIpc) is 2.94. The summed E-state index contributed by atoms with van der Waals surface area (Å²) in [6, 6.07) is 12.4. The van der Waals surface area contributed by atoms with Crippen molar-refractivity contribution in [2.24, 2.45) is 5.92 Å². The third-order valence-corrected chi connectivity index (χ3v) is 11.9. The number of thioether (sulfide) groups is 2. The molecule has 2 aromatic carbocycles. The quantitative estimate of drug-likeness (QED) is 0.318. The van der Waals surface area contributed by atoms with E-state index in [2.05, 4.69) is 31.2 Å². The minimum absolute atomic E-state index is 0.0391. The zero-order valence-corrected chi connectivity index (χ0v) is 25.1. The number of carbonyl (C=O) groups is 1. The Kier molecular flexibility index (Phi) is 9.35. The van der Waals surface area contributed by atoms with Gasteiger partial charge in [0, 0.05) is 25.4 Å². The van der Waals surface area contributed by atoms with E-state index in [4.69, 9.17) is 18.9 Å². The van der Waals surface area contributed by atoms with Crippen molar-refractivity contribution in [2.75, 3.05) is 53.5 Å². The molecular weight excluding hydrogens is 518 g/mol. The van der Waals surface area contributed by atoms with Gasteiger partial charge in [-0.2, -0.15) is 0 Å². The number of nitrogens with zero attached hydrogens (tertiary/aromatic N) is 1. The third kappa shape index (κ3) is 5.57. The first-order valence-electron chi connectivity index (χ1n) is 13.3. The van der Waals surface area contributed by atoms with Gasteiger partial charge in [0.15, 0.2) is 23.0 Å². The predicted octanol–water partition coefficient (Wildman–Crippen LogP) is 6.35. The van der Waals surface area contributed by atoms with Crippen molar-refractivity contribution in [3.05, 3.63) is 47.5 Å². The van der Waals surface area contributed by atoms with Crippen LogP contribution in [0.1, 0.15) is 50.2 Å². The van der Waals surface area contributed by atoms with Crippen molar-refractivity contribution < 1.29 is 23.7 Å². The molecule has 2 aliphatic rings. The molecule has 0 N–H and O–H groups in total. The van der Waals surface area contributed by atoms with Gasteiger partial charge < -0.3 is 23.8 Å². The van der Waals surface area contributed by atoms with Gasteiger partial charge in [-0.05, 0) is 72.1 Å². The molecule has 38 heavy (non-hydrogen) atoms. The number of amides is 1. The Hall–Kier alpha value is -2.19. The van der Waals surface area contributed by atoms with Crippen molar-refractivity contribution in [1.29, 1.82) is 0 Å². The molecule has 2 aromatic rings. The molecule has 8 heteroatoms. The predicted molar refractivity (Wildman–Crippen MR) is 157 cm³/mol. The summed E-state index contributed by atoms with van der Waals surface area (Å²) in [5.74, 6) is 5.42. The van der Waals surface area contributed by atoms with E-state index in [9.17, 15) is 4.79 Å². The summed E-state index contributed by atoms with van der Waals surface area (Å²) in [5.41, 5.74) is 2.37. The number of hydrogen-bond donors (Lipinski definition) is 0. The van der Waals surface area contributed by atoms with Crippen LogP contribution in [0, 0.1) is 5.92 Å². The van der Waals surface area contributed by atoms with Gasteiger partial charge in [-0.3, -0.25) is 4.79 Å². The first-order chi connectivity index (χ1) is 18.3. The highest BCUT2D eigenvalue weighted by Gasteiger charge is 2.44. The molecule has 6 nitrogen and oxygen atoms in total. The van der Waals surface area contributed by atoms with Crippen LogP contribution in [0.4, 0.5) is 0 Å². The molecule has 1 saturated carbocycles. The van der Waals surface area contributed by atoms with E-state index in [1.807, 2.05) is 47.6 Å². The van der Waals surface area contributed by atoms with Crippen molar-refractivity contribution in [1.82, 2.24) is 4.90 Å². The zero-order chi connectivity index (χ0) is 27.3. The summed E-state index contributed by atoms with van der Waals surface area (Å²) in [5, 5.41) is 0. The molecule has 0 bridgehead atoms. The Balaban J connectivity index is 1.52. The third-order valence-electron chi connectivity index (χ3n) is 8.11. The zero-order valence-electron chi connectivity index (χ0n) is 23.5. The number of likely N-dealkylation sites (N-methyl/N-ethyl adjacent to an activating group) is 1. The van der Waals surface area contributed by atoms with Crippen LogP contribution in [0.5, 0.6) is 23.0 Å². The molecule has 0 radical (unpaired) electrons. The summed E-state index contributed by atoms with van der Waals surface area (Å²) in [4.78, 5) is 15.6. The molecule has 1 heterocycles. The van der Waals surface area contributed by atoms with E-state index in [1.54, 1.807) is 28.4 Å². The molecule has 1 aliphatic heterocycles. The van der Waals surface area contributed by atoms with Gasteiger partial charge >= 0.3 is 0 Å². The summed E-state index contributed by atoms with van der Waals surface area (Å²) in [7, 11) is 8.61. The maximum absolute atomic E-state index is 13.7. The monoisotopic (exact) mass is 559 g/mol. The van der Waals surface area contributed by atoms with Crippen molar-refractivity contribution in [3.8, 4) is 23.0 Å². The number of carbonyl (C=O) groups excluding carboxylic acids is 1. The number of methoxy groups -OCH3 is 4. The van der Waals surface area contributed by atoms with Crippen LogP contribution in [0.2, 0.25) is 0 Å². The number of hydrogen-bond acceptors (Lipinski definition) is 7. The Morgan fingerprint density at radius 1 is 0.842 bits per heavy atom. The fourth-order valence-corrected chi connectivity index (χ4v) is 9.26. The molecule has 1 aliphatic carbocycles. The summed E-state index contributed by atoms with van der Waals surface area (Å²) in [6.07, 6.45) is 4.97. The largest absolute Gasteiger partial charge is 0.493 e. The van der Waals surface area contributed by atoms with Gasteiger partial charge in [0.05, 0.1) is 32.5 Å². The van der Waals surface area contributed by atoms with Crippen LogP contribution in [0.15, 0.2) is 36.4 Å². The van der Waals surface area contributed by atoms with E-state index in [1.165, 1.54) is 24.0 Å². The van der Waals surface area contributed by atoms with Crippen LogP contribution in [-0.2, 0) is 14.3 Å². The standard InChI is InChI=1S/C30H41NO5S2/c1-21(30(37-15-8-16-38-30)23-10-12-25(34-4)27(19-23)36-6)17-28(32)31(2)20-29(13-7-14-29)22-9-11-24(33-3)26(18-22)35-5/h9-12,18-19,21H,7-8,13-17,20H2,1-6H3/t21-/m1/s1. The molecule has 4 rings (SSSR count). The minimum Gasteiger partial charge on any atom is -0.493 e. The normalized spacial score (nSPS) is 18.6. The maximum atomic E-state index is 13.7. The minimum atomic E-state index is -0.203. The van der Waals surface area contributed by atoms with Gasteiger partial charge in [0.25, 0.3) is 0 Å². The highest BCUT2D eigenvalue weighted by Crippen LogP contribution is 2.57. The molecule has 1 atom stereocenters.